The van der Waals surface area contributed by atoms with Crippen LogP contribution in [0, 0.1) is 6.92 Å². The van der Waals surface area contributed by atoms with Crippen LogP contribution in [0.25, 0.3) is 10.9 Å². The van der Waals surface area contributed by atoms with Crippen LogP contribution in [0.3, 0.4) is 0 Å². The van der Waals surface area contributed by atoms with E-state index in [4.69, 9.17) is 0 Å². The van der Waals surface area contributed by atoms with E-state index in [0.29, 0.717) is 24.0 Å². The molecule has 0 saturated heterocycles. The highest BCUT2D eigenvalue weighted by Crippen LogP contribution is 2.08. The van der Waals surface area contributed by atoms with E-state index in [2.05, 4.69) is 20.3 Å². The monoisotopic (exact) mass is 281 g/mol. The van der Waals surface area contributed by atoms with Crippen molar-refractivity contribution in [2.45, 2.75) is 13.5 Å². The number of rotatable bonds is 4. The van der Waals surface area contributed by atoms with Crippen molar-refractivity contribution in [3.63, 3.8) is 0 Å². The standard InChI is InChI=1S/C15H15N5O/c1-11-3-2-5-17-14(11)18-7-8-20-10-19-13-9-16-6-4-12(13)15(20)21/h2-6,9-10H,7-8H2,1H3,(H,17,18). The molecular formula is C15H15N5O. The number of hydrogen-bond donors (Lipinski definition) is 1. The molecule has 0 aliphatic carbocycles. The zero-order valence-electron chi connectivity index (χ0n) is 11.7. The second-order valence-corrected chi connectivity index (χ2v) is 4.73. The minimum absolute atomic E-state index is 0.0538. The molecule has 6 heteroatoms. The van der Waals surface area contributed by atoms with E-state index in [1.807, 2.05) is 19.1 Å². The minimum atomic E-state index is -0.0538. The van der Waals surface area contributed by atoms with Gasteiger partial charge >= 0.3 is 0 Å². The first-order chi connectivity index (χ1) is 10.3. The molecule has 0 atom stereocenters. The lowest BCUT2D eigenvalue weighted by molar-refractivity contribution is 0.688. The molecule has 0 aliphatic rings. The van der Waals surface area contributed by atoms with Crippen molar-refractivity contribution >= 4 is 16.7 Å². The topological polar surface area (TPSA) is 72.7 Å². The van der Waals surface area contributed by atoms with Crippen molar-refractivity contribution < 1.29 is 0 Å². The maximum atomic E-state index is 12.3. The van der Waals surface area contributed by atoms with Gasteiger partial charge in [0.2, 0.25) is 0 Å². The van der Waals surface area contributed by atoms with Crippen molar-refractivity contribution in [2.24, 2.45) is 0 Å². The third-order valence-corrected chi connectivity index (χ3v) is 3.28. The van der Waals surface area contributed by atoms with Crippen molar-refractivity contribution in [1.82, 2.24) is 19.5 Å². The van der Waals surface area contributed by atoms with Gasteiger partial charge < -0.3 is 5.32 Å². The molecule has 0 aliphatic heterocycles. The molecule has 0 fully saturated rings. The van der Waals surface area contributed by atoms with E-state index >= 15 is 0 Å². The minimum Gasteiger partial charge on any atom is -0.368 e. The van der Waals surface area contributed by atoms with Crippen LogP contribution in [0.4, 0.5) is 5.82 Å². The van der Waals surface area contributed by atoms with E-state index in [1.54, 1.807) is 35.6 Å². The van der Waals surface area contributed by atoms with E-state index in [9.17, 15) is 4.79 Å². The number of aryl methyl sites for hydroxylation is 1. The normalized spacial score (nSPS) is 10.7. The number of fused-ring (bicyclic) bond motifs is 1. The number of pyridine rings is 2. The number of nitrogens with zero attached hydrogens (tertiary/aromatic N) is 4. The zero-order valence-corrected chi connectivity index (χ0v) is 11.7. The van der Waals surface area contributed by atoms with Crippen LogP contribution in [0.1, 0.15) is 5.56 Å². The number of aromatic nitrogens is 4. The molecule has 0 saturated carbocycles. The van der Waals surface area contributed by atoms with Gasteiger partial charge in [-0.3, -0.25) is 14.3 Å². The lowest BCUT2D eigenvalue weighted by atomic mass is 10.3. The SMILES string of the molecule is Cc1cccnc1NCCn1cnc2cnccc2c1=O. The zero-order chi connectivity index (χ0) is 14.7. The predicted molar refractivity (Wildman–Crippen MR) is 81.3 cm³/mol. The molecule has 0 bridgehead atoms. The molecule has 0 unspecified atom stereocenters. The maximum Gasteiger partial charge on any atom is 0.261 e. The molecule has 0 aromatic carbocycles. The van der Waals surface area contributed by atoms with Gasteiger partial charge in [-0.15, -0.1) is 0 Å². The van der Waals surface area contributed by atoms with Crippen LogP contribution in [-0.4, -0.2) is 26.1 Å². The third-order valence-electron chi connectivity index (χ3n) is 3.28. The first-order valence-corrected chi connectivity index (χ1v) is 6.70. The summed E-state index contributed by atoms with van der Waals surface area (Å²) in [4.78, 5) is 24.8. The van der Waals surface area contributed by atoms with E-state index in [1.165, 1.54) is 0 Å². The highest BCUT2D eigenvalue weighted by molar-refractivity contribution is 5.75. The number of hydrogen-bond acceptors (Lipinski definition) is 5. The van der Waals surface area contributed by atoms with Gasteiger partial charge in [0.25, 0.3) is 5.56 Å². The Bertz CT molecular complexity index is 827. The molecule has 1 N–H and O–H groups in total. The van der Waals surface area contributed by atoms with Crippen LogP contribution in [0.5, 0.6) is 0 Å². The molecule has 106 valence electrons. The Balaban J connectivity index is 1.76. The van der Waals surface area contributed by atoms with Crippen molar-refractivity contribution in [3.05, 3.63) is 59.0 Å². The Morgan fingerprint density at radius 3 is 3.00 bits per heavy atom. The van der Waals surface area contributed by atoms with Gasteiger partial charge in [0.05, 0.1) is 23.4 Å². The van der Waals surface area contributed by atoms with Crippen molar-refractivity contribution in [1.29, 1.82) is 0 Å². The van der Waals surface area contributed by atoms with E-state index in [0.717, 1.165) is 11.4 Å². The van der Waals surface area contributed by atoms with Gasteiger partial charge in [0.1, 0.15) is 5.82 Å². The second-order valence-electron chi connectivity index (χ2n) is 4.73. The third kappa shape index (κ3) is 2.74. The molecule has 3 heterocycles. The molecule has 3 aromatic heterocycles. The predicted octanol–water partition coefficient (Wildman–Crippen LogP) is 1.61. The first kappa shape index (κ1) is 13.2. The van der Waals surface area contributed by atoms with Crippen LogP contribution < -0.4 is 10.9 Å². The van der Waals surface area contributed by atoms with Gasteiger partial charge in [-0.2, -0.15) is 0 Å². The summed E-state index contributed by atoms with van der Waals surface area (Å²) >= 11 is 0. The summed E-state index contributed by atoms with van der Waals surface area (Å²) in [6, 6.07) is 5.58. The van der Waals surface area contributed by atoms with Crippen LogP contribution in [0.2, 0.25) is 0 Å². The molecule has 0 radical (unpaired) electrons. The van der Waals surface area contributed by atoms with E-state index < -0.39 is 0 Å². The van der Waals surface area contributed by atoms with Gasteiger partial charge in [0, 0.05) is 25.5 Å². The first-order valence-electron chi connectivity index (χ1n) is 6.70. The summed E-state index contributed by atoms with van der Waals surface area (Å²) in [5.74, 6) is 0.837. The Kier molecular flexibility index (Phi) is 3.59. The fraction of sp³-hybridized carbons (Fsp3) is 0.200. The Hall–Kier alpha value is -2.76. The van der Waals surface area contributed by atoms with Crippen molar-refractivity contribution in [3.8, 4) is 0 Å². The summed E-state index contributed by atoms with van der Waals surface area (Å²) in [6.45, 7) is 3.13. The van der Waals surface area contributed by atoms with Crippen molar-refractivity contribution in [2.75, 3.05) is 11.9 Å². The second kappa shape index (κ2) is 5.70. The maximum absolute atomic E-state index is 12.3. The summed E-state index contributed by atoms with van der Waals surface area (Å²) in [5.41, 5.74) is 1.64. The average Bonchev–Trinajstić information content (AvgIpc) is 2.52. The molecule has 3 rings (SSSR count). The molecule has 0 spiro atoms. The molecule has 3 aromatic rings. The summed E-state index contributed by atoms with van der Waals surface area (Å²) in [7, 11) is 0. The van der Waals surface area contributed by atoms with Crippen LogP contribution in [-0.2, 0) is 6.54 Å². The Morgan fingerprint density at radius 2 is 2.14 bits per heavy atom. The van der Waals surface area contributed by atoms with Gasteiger partial charge in [-0.25, -0.2) is 9.97 Å². The Labute approximate surface area is 121 Å². The smallest absolute Gasteiger partial charge is 0.261 e. The molecular weight excluding hydrogens is 266 g/mol. The van der Waals surface area contributed by atoms with Crippen LogP contribution in [0.15, 0.2) is 47.9 Å². The lowest BCUT2D eigenvalue weighted by Gasteiger charge is -2.09. The quantitative estimate of drug-likeness (QED) is 0.786. The summed E-state index contributed by atoms with van der Waals surface area (Å²) in [5, 5.41) is 3.81. The van der Waals surface area contributed by atoms with Gasteiger partial charge in [-0.05, 0) is 24.6 Å². The molecule has 6 nitrogen and oxygen atoms in total. The Morgan fingerprint density at radius 1 is 1.24 bits per heavy atom. The highest BCUT2D eigenvalue weighted by Gasteiger charge is 2.04. The largest absolute Gasteiger partial charge is 0.368 e. The average molecular weight is 281 g/mol. The number of nitrogens with one attached hydrogen (secondary N) is 1. The fourth-order valence-corrected chi connectivity index (χ4v) is 2.13. The van der Waals surface area contributed by atoms with Gasteiger partial charge in [0.15, 0.2) is 0 Å². The molecule has 0 amide bonds. The molecule has 21 heavy (non-hydrogen) atoms. The lowest BCUT2D eigenvalue weighted by Crippen LogP contribution is -2.24. The summed E-state index contributed by atoms with van der Waals surface area (Å²) < 4.78 is 1.59. The number of anilines is 1. The van der Waals surface area contributed by atoms with Gasteiger partial charge in [-0.1, -0.05) is 6.07 Å². The summed E-state index contributed by atoms with van der Waals surface area (Å²) in [6.07, 6.45) is 6.49. The van der Waals surface area contributed by atoms with E-state index in [-0.39, 0.29) is 5.56 Å². The fourth-order valence-electron chi connectivity index (χ4n) is 2.13. The highest BCUT2D eigenvalue weighted by atomic mass is 16.1. The van der Waals surface area contributed by atoms with Crippen LogP contribution >= 0.6 is 0 Å².